The Kier molecular flexibility index (Phi) is 4.74. The van der Waals surface area contributed by atoms with Gasteiger partial charge in [0.05, 0.1) is 0 Å². The van der Waals surface area contributed by atoms with E-state index in [0.717, 1.165) is 11.3 Å². The lowest BCUT2D eigenvalue weighted by Gasteiger charge is -2.10. The van der Waals surface area contributed by atoms with Crippen LogP contribution >= 0.6 is 0 Å². The van der Waals surface area contributed by atoms with Gasteiger partial charge in [0.1, 0.15) is 5.82 Å². The van der Waals surface area contributed by atoms with Gasteiger partial charge in [0.2, 0.25) is 0 Å². The number of hydrogen-bond donors (Lipinski definition) is 2. The van der Waals surface area contributed by atoms with Crippen LogP contribution in [0, 0.1) is 12.7 Å². The Balaban J connectivity index is 1.61. The molecule has 0 amide bonds. The predicted octanol–water partition coefficient (Wildman–Crippen LogP) is 4.00. The summed E-state index contributed by atoms with van der Waals surface area (Å²) in [6, 6.07) is 13.4. The van der Waals surface area contributed by atoms with E-state index in [1.807, 2.05) is 12.1 Å². The summed E-state index contributed by atoms with van der Waals surface area (Å²) in [5.41, 5.74) is 15.0. The quantitative estimate of drug-likeness (QED) is 0.508. The third kappa shape index (κ3) is 3.96. The number of benzene rings is 2. The lowest BCUT2D eigenvalue weighted by Crippen LogP contribution is -2.00. The summed E-state index contributed by atoms with van der Waals surface area (Å²) in [4.78, 5) is 16.7. The molecule has 0 bridgehead atoms. The van der Waals surface area contributed by atoms with Crippen LogP contribution in [-0.4, -0.2) is 19.9 Å². The van der Waals surface area contributed by atoms with Crippen LogP contribution in [0.4, 0.5) is 15.9 Å². The van der Waals surface area contributed by atoms with Crippen LogP contribution in [0.5, 0.6) is 11.8 Å². The molecule has 0 unspecified atom stereocenters. The number of halogens is 1. The van der Waals surface area contributed by atoms with Crippen molar-refractivity contribution in [3.05, 3.63) is 72.4 Å². The van der Waals surface area contributed by atoms with Gasteiger partial charge in [-0.1, -0.05) is 6.07 Å². The second-order valence-corrected chi connectivity index (χ2v) is 6.34. The highest BCUT2D eigenvalue weighted by atomic mass is 19.1. The molecule has 0 saturated heterocycles. The highest BCUT2D eigenvalue weighted by Crippen LogP contribution is 2.31. The molecular weight excluding hydrogens is 371 g/mol. The number of nitrogens with zero attached hydrogens (tertiary/aromatic N) is 4. The molecular formula is C21H17FN6O. The van der Waals surface area contributed by atoms with E-state index in [2.05, 4.69) is 19.9 Å². The van der Waals surface area contributed by atoms with Crippen molar-refractivity contribution in [2.45, 2.75) is 6.92 Å². The summed E-state index contributed by atoms with van der Waals surface area (Å²) in [6.45, 7) is 1.80. The smallest absolute Gasteiger partial charge is 0.322 e. The number of hydrogen-bond acceptors (Lipinski definition) is 7. The largest absolute Gasteiger partial charge is 0.421 e. The van der Waals surface area contributed by atoms with Crippen molar-refractivity contribution >= 4 is 11.5 Å². The van der Waals surface area contributed by atoms with Crippen molar-refractivity contribution in [1.82, 2.24) is 19.9 Å². The highest BCUT2D eigenvalue weighted by molar-refractivity contribution is 5.75. The van der Waals surface area contributed by atoms with Crippen LogP contribution in [0.3, 0.4) is 0 Å². The maximum atomic E-state index is 14.6. The molecule has 0 fully saturated rings. The highest BCUT2D eigenvalue weighted by Gasteiger charge is 2.13. The van der Waals surface area contributed by atoms with E-state index in [4.69, 9.17) is 16.2 Å². The van der Waals surface area contributed by atoms with E-state index >= 15 is 0 Å². The van der Waals surface area contributed by atoms with Gasteiger partial charge < -0.3 is 16.2 Å². The molecule has 4 aromatic rings. The third-order valence-corrected chi connectivity index (χ3v) is 4.20. The summed E-state index contributed by atoms with van der Waals surface area (Å²) in [5.74, 6) is 0.136. The fraction of sp³-hybridized carbons (Fsp3) is 0.0476. The van der Waals surface area contributed by atoms with Gasteiger partial charge in [-0.05, 0) is 55.0 Å². The van der Waals surface area contributed by atoms with Gasteiger partial charge in [0.25, 0.3) is 0 Å². The fourth-order valence-corrected chi connectivity index (χ4v) is 2.71. The molecule has 0 radical (unpaired) electrons. The summed E-state index contributed by atoms with van der Waals surface area (Å²) in [7, 11) is 0. The van der Waals surface area contributed by atoms with Crippen molar-refractivity contribution in [1.29, 1.82) is 0 Å². The Morgan fingerprint density at radius 1 is 0.897 bits per heavy atom. The zero-order chi connectivity index (χ0) is 20.4. The van der Waals surface area contributed by atoms with Gasteiger partial charge in [-0.25, -0.2) is 24.3 Å². The Hall–Kier alpha value is -4.07. The predicted molar refractivity (Wildman–Crippen MR) is 109 cm³/mol. The van der Waals surface area contributed by atoms with Crippen molar-refractivity contribution in [2.24, 2.45) is 0 Å². The van der Waals surface area contributed by atoms with E-state index in [1.54, 1.807) is 43.6 Å². The summed E-state index contributed by atoms with van der Waals surface area (Å²) in [5, 5.41) is 0. The van der Waals surface area contributed by atoms with Crippen LogP contribution in [0.2, 0.25) is 0 Å². The molecule has 2 aromatic heterocycles. The average molecular weight is 388 g/mol. The molecule has 7 nitrogen and oxygen atoms in total. The number of nitrogens with two attached hydrogens (primary N) is 2. The lowest BCUT2D eigenvalue weighted by atomic mass is 10.1. The first-order valence-electron chi connectivity index (χ1n) is 8.75. The summed E-state index contributed by atoms with van der Waals surface area (Å²) >= 11 is 0. The zero-order valence-corrected chi connectivity index (χ0v) is 15.5. The van der Waals surface area contributed by atoms with Gasteiger partial charge in [0, 0.05) is 34.9 Å². The molecule has 0 aliphatic heterocycles. The first-order valence-corrected chi connectivity index (χ1v) is 8.75. The van der Waals surface area contributed by atoms with E-state index < -0.39 is 5.82 Å². The number of aromatic nitrogens is 4. The number of aryl methyl sites for hydroxylation is 1. The molecule has 144 valence electrons. The van der Waals surface area contributed by atoms with E-state index in [0.29, 0.717) is 22.6 Å². The minimum absolute atomic E-state index is 0.0114. The molecule has 0 saturated carbocycles. The molecule has 2 aromatic carbocycles. The molecule has 29 heavy (non-hydrogen) atoms. The summed E-state index contributed by atoms with van der Waals surface area (Å²) < 4.78 is 20.0. The van der Waals surface area contributed by atoms with Gasteiger partial charge >= 0.3 is 6.01 Å². The van der Waals surface area contributed by atoms with Crippen LogP contribution in [0.25, 0.3) is 22.5 Å². The van der Waals surface area contributed by atoms with Crippen molar-refractivity contribution in [2.75, 3.05) is 11.5 Å². The Morgan fingerprint density at radius 2 is 1.66 bits per heavy atom. The Morgan fingerprint density at radius 3 is 2.34 bits per heavy atom. The van der Waals surface area contributed by atoms with Gasteiger partial charge in [-0.3, -0.25) is 0 Å². The van der Waals surface area contributed by atoms with E-state index in [1.165, 1.54) is 12.1 Å². The van der Waals surface area contributed by atoms with Gasteiger partial charge in [-0.15, -0.1) is 0 Å². The zero-order valence-electron chi connectivity index (χ0n) is 15.5. The first kappa shape index (κ1) is 18.3. The van der Waals surface area contributed by atoms with Gasteiger partial charge in [0.15, 0.2) is 17.4 Å². The molecule has 0 aliphatic carbocycles. The number of rotatable bonds is 4. The molecule has 2 heterocycles. The van der Waals surface area contributed by atoms with Crippen molar-refractivity contribution < 1.29 is 9.13 Å². The molecule has 8 heteroatoms. The van der Waals surface area contributed by atoms with Gasteiger partial charge in [-0.2, -0.15) is 0 Å². The maximum absolute atomic E-state index is 14.6. The molecule has 4 rings (SSSR count). The second kappa shape index (κ2) is 7.51. The van der Waals surface area contributed by atoms with Crippen molar-refractivity contribution in [3.8, 4) is 34.3 Å². The Bertz CT molecular complexity index is 1180. The molecule has 0 aliphatic rings. The first-order chi connectivity index (χ1) is 14.0. The van der Waals surface area contributed by atoms with Crippen LogP contribution in [-0.2, 0) is 0 Å². The normalized spacial score (nSPS) is 10.7. The van der Waals surface area contributed by atoms with E-state index in [-0.39, 0.29) is 17.6 Å². The molecule has 0 atom stereocenters. The lowest BCUT2D eigenvalue weighted by molar-refractivity contribution is 0.410. The monoisotopic (exact) mass is 388 g/mol. The number of anilines is 2. The average Bonchev–Trinajstić information content (AvgIpc) is 2.70. The third-order valence-electron chi connectivity index (χ3n) is 4.20. The Labute approximate surface area is 166 Å². The molecule has 4 N–H and O–H groups in total. The number of nitrogen functional groups attached to an aromatic ring is 2. The van der Waals surface area contributed by atoms with Crippen molar-refractivity contribution in [3.63, 3.8) is 0 Å². The van der Waals surface area contributed by atoms with Crippen LogP contribution in [0.15, 0.2) is 60.9 Å². The minimum Gasteiger partial charge on any atom is -0.421 e. The van der Waals surface area contributed by atoms with E-state index in [9.17, 15) is 4.39 Å². The van der Waals surface area contributed by atoms with Crippen LogP contribution < -0.4 is 16.2 Å². The fourth-order valence-electron chi connectivity index (χ4n) is 2.71. The van der Waals surface area contributed by atoms with Crippen LogP contribution in [0.1, 0.15) is 5.69 Å². The standard InChI is InChI=1S/C21H17FN6O/c1-12-8-9-25-21(27-12)29-18-7-4-14(10-17(18)22)16-11-26-20(28-19(16)24)13-2-5-15(23)6-3-13/h2-11H,23H2,1H3,(H2,24,26,28). The summed E-state index contributed by atoms with van der Waals surface area (Å²) in [6.07, 6.45) is 3.11. The number of ether oxygens (including phenoxy) is 1. The topological polar surface area (TPSA) is 113 Å². The SMILES string of the molecule is Cc1ccnc(Oc2ccc(-c3cnc(-c4ccc(N)cc4)nc3N)cc2F)n1. The molecule has 0 spiro atoms. The maximum Gasteiger partial charge on any atom is 0.322 e. The minimum atomic E-state index is -0.574. The second-order valence-electron chi connectivity index (χ2n) is 6.34.